The van der Waals surface area contributed by atoms with Gasteiger partial charge in [-0.3, -0.25) is 9.59 Å². The van der Waals surface area contributed by atoms with E-state index >= 15 is 0 Å². The van der Waals surface area contributed by atoms with E-state index in [1.165, 1.54) is 6.92 Å². The van der Waals surface area contributed by atoms with Crippen LogP contribution in [-0.4, -0.2) is 23.0 Å². The second-order valence-electron chi connectivity index (χ2n) is 4.14. The number of nitrogens with one attached hydrogen (secondary N) is 1. The third kappa shape index (κ3) is 4.26. The summed E-state index contributed by atoms with van der Waals surface area (Å²) < 4.78 is 0. The zero-order valence-corrected chi connectivity index (χ0v) is 10.0. The van der Waals surface area contributed by atoms with Gasteiger partial charge in [0, 0.05) is 6.42 Å². The fourth-order valence-electron chi connectivity index (χ4n) is 1.54. The minimum atomic E-state index is -1.02. The highest BCUT2D eigenvalue weighted by molar-refractivity contribution is 5.83. The van der Waals surface area contributed by atoms with Gasteiger partial charge < -0.3 is 10.4 Å². The predicted molar refractivity (Wildman–Crippen MR) is 64.7 cm³/mol. The molecule has 0 heterocycles. The molecule has 0 radical (unpaired) electrons. The number of hydrogen-bond acceptors (Lipinski definition) is 2. The van der Waals surface area contributed by atoms with Crippen LogP contribution in [0.2, 0.25) is 0 Å². The SMILES string of the molecule is CC(CC(=O)N[C@H](C)C(=O)O)c1ccccc1. The van der Waals surface area contributed by atoms with Crippen LogP contribution in [0.15, 0.2) is 30.3 Å². The minimum absolute atomic E-state index is 0.0807. The fourth-order valence-corrected chi connectivity index (χ4v) is 1.54. The average molecular weight is 235 g/mol. The molecule has 0 spiro atoms. The van der Waals surface area contributed by atoms with E-state index in [0.29, 0.717) is 6.42 Å². The molecule has 1 unspecified atom stereocenters. The summed E-state index contributed by atoms with van der Waals surface area (Å²) >= 11 is 0. The quantitative estimate of drug-likeness (QED) is 0.817. The molecule has 1 amide bonds. The van der Waals surface area contributed by atoms with Crippen LogP contribution in [0.1, 0.15) is 31.7 Å². The second kappa shape index (κ2) is 6.03. The number of hydrogen-bond donors (Lipinski definition) is 2. The molecule has 0 aliphatic carbocycles. The molecule has 0 fully saturated rings. The Morgan fingerprint density at radius 3 is 2.35 bits per heavy atom. The van der Waals surface area contributed by atoms with Gasteiger partial charge in [0.2, 0.25) is 5.91 Å². The molecule has 0 aromatic heterocycles. The molecule has 1 aromatic rings. The Bertz CT molecular complexity index is 389. The van der Waals surface area contributed by atoms with Crippen molar-refractivity contribution in [1.29, 1.82) is 0 Å². The number of carbonyl (C=O) groups is 2. The first-order valence-corrected chi connectivity index (χ1v) is 5.58. The van der Waals surface area contributed by atoms with Gasteiger partial charge in [-0.15, -0.1) is 0 Å². The van der Waals surface area contributed by atoms with E-state index in [2.05, 4.69) is 5.32 Å². The molecule has 0 bridgehead atoms. The Labute approximate surface area is 101 Å². The number of carboxylic acids is 1. The van der Waals surface area contributed by atoms with Crippen molar-refractivity contribution >= 4 is 11.9 Å². The topological polar surface area (TPSA) is 66.4 Å². The van der Waals surface area contributed by atoms with E-state index in [1.807, 2.05) is 37.3 Å². The predicted octanol–water partition coefficient (Wildman–Crippen LogP) is 1.77. The highest BCUT2D eigenvalue weighted by Crippen LogP contribution is 2.18. The zero-order valence-electron chi connectivity index (χ0n) is 10.0. The summed E-state index contributed by atoms with van der Waals surface area (Å²) in [6.07, 6.45) is 0.293. The van der Waals surface area contributed by atoms with Crippen LogP contribution in [0.25, 0.3) is 0 Å². The molecule has 92 valence electrons. The normalized spacial score (nSPS) is 13.8. The molecule has 0 aliphatic rings. The third-order valence-corrected chi connectivity index (χ3v) is 2.61. The van der Waals surface area contributed by atoms with E-state index in [4.69, 9.17) is 5.11 Å². The molecular formula is C13H17NO3. The molecule has 17 heavy (non-hydrogen) atoms. The number of carboxylic acid groups (broad SMARTS) is 1. The molecule has 0 saturated carbocycles. The zero-order chi connectivity index (χ0) is 12.8. The Hall–Kier alpha value is -1.84. The Morgan fingerprint density at radius 2 is 1.82 bits per heavy atom. The van der Waals surface area contributed by atoms with E-state index < -0.39 is 12.0 Å². The summed E-state index contributed by atoms with van der Waals surface area (Å²) in [7, 11) is 0. The number of rotatable bonds is 5. The molecule has 1 rings (SSSR count). The van der Waals surface area contributed by atoms with Crippen LogP contribution in [0.3, 0.4) is 0 Å². The van der Waals surface area contributed by atoms with E-state index in [0.717, 1.165) is 5.56 Å². The highest BCUT2D eigenvalue weighted by Gasteiger charge is 2.16. The van der Waals surface area contributed by atoms with Gasteiger partial charge in [0.25, 0.3) is 0 Å². The summed E-state index contributed by atoms with van der Waals surface area (Å²) in [5.74, 6) is -1.18. The molecule has 4 heteroatoms. The largest absolute Gasteiger partial charge is 0.480 e. The van der Waals surface area contributed by atoms with Crippen LogP contribution in [0.4, 0.5) is 0 Å². The Kier molecular flexibility index (Phi) is 4.69. The Morgan fingerprint density at radius 1 is 1.24 bits per heavy atom. The van der Waals surface area contributed by atoms with Crippen LogP contribution < -0.4 is 5.32 Å². The van der Waals surface area contributed by atoms with Crippen molar-refractivity contribution in [2.75, 3.05) is 0 Å². The van der Waals surface area contributed by atoms with Crippen molar-refractivity contribution in [2.24, 2.45) is 0 Å². The number of benzene rings is 1. The van der Waals surface area contributed by atoms with E-state index in [1.54, 1.807) is 0 Å². The minimum Gasteiger partial charge on any atom is -0.480 e. The van der Waals surface area contributed by atoms with Crippen molar-refractivity contribution in [1.82, 2.24) is 5.32 Å². The molecule has 2 N–H and O–H groups in total. The summed E-state index contributed by atoms with van der Waals surface area (Å²) in [4.78, 5) is 22.1. The first-order valence-electron chi connectivity index (χ1n) is 5.58. The lowest BCUT2D eigenvalue weighted by molar-refractivity contribution is -0.141. The van der Waals surface area contributed by atoms with Crippen LogP contribution in [0, 0.1) is 0 Å². The average Bonchev–Trinajstić information content (AvgIpc) is 2.29. The standard InChI is InChI=1S/C13H17NO3/c1-9(11-6-4-3-5-7-11)8-12(15)14-10(2)13(16)17/h3-7,9-10H,8H2,1-2H3,(H,14,15)(H,16,17)/t9?,10-/m1/s1. The van der Waals surface area contributed by atoms with Crippen molar-refractivity contribution < 1.29 is 14.7 Å². The summed E-state index contributed by atoms with van der Waals surface area (Å²) in [5.41, 5.74) is 1.07. The van der Waals surface area contributed by atoms with Crippen molar-refractivity contribution in [3.63, 3.8) is 0 Å². The third-order valence-electron chi connectivity index (χ3n) is 2.61. The van der Waals surface area contributed by atoms with Crippen molar-refractivity contribution in [2.45, 2.75) is 32.2 Å². The number of amides is 1. The van der Waals surface area contributed by atoms with Crippen LogP contribution in [0.5, 0.6) is 0 Å². The van der Waals surface area contributed by atoms with Gasteiger partial charge in [0.05, 0.1) is 0 Å². The molecular weight excluding hydrogens is 218 g/mol. The molecule has 2 atom stereocenters. The maximum Gasteiger partial charge on any atom is 0.325 e. The Balaban J connectivity index is 2.49. The molecule has 0 aliphatic heterocycles. The van der Waals surface area contributed by atoms with E-state index in [9.17, 15) is 9.59 Å². The molecule has 1 aromatic carbocycles. The van der Waals surface area contributed by atoms with Crippen LogP contribution >= 0.6 is 0 Å². The van der Waals surface area contributed by atoms with Crippen molar-refractivity contribution in [3.8, 4) is 0 Å². The van der Waals surface area contributed by atoms with Gasteiger partial charge in [0.15, 0.2) is 0 Å². The summed E-state index contributed by atoms with van der Waals surface area (Å²) in [5, 5.41) is 11.1. The molecule has 4 nitrogen and oxygen atoms in total. The van der Waals surface area contributed by atoms with Gasteiger partial charge in [-0.1, -0.05) is 37.3 Å². The van der Waals surface area contributed by atoms with E-state index in [-0.39, 0.29) is 11.8 Å². The van der Waals surface area contributed by atoms with Gasteiger partial charge >= 0.3 is 5.97 Å². The van der Waals surface area contributed by atoms with Gasteiger partial charge in [-0.25, -0.2) is 0 Å². The number of carbonyl (C=O) groups excluding carboxylic acids is 1. The summed E-state index contributed by atoms with van der Waals surface area (Å²) in [6, 6.07) is 8.83. The first kappa shape index (κ1) is 13.2. The molecule has 0 saturated heterocycles. The maximum atomic E-state index is 11.6. The smallest absolute Gasteiger partial charge is 0.325 e. The fraction of sp³-hybridized carbons (Fsp3) is 0.385. The monoisotopic (exact) mass is 235 g/mol. The van der Waals surface area contributed by atoms with Gasteiger partial charge in [0.1, 0.15) is 6.04 Å². The lowest BCUT2D eigenvalue weighted by Crippen LogP contribution is -2.38. The second-order valence-corrected chi connectivity index (χ2v) is 4.14. The first-order chi connectivity index (χ1) is 8.00. The van der Waals surface area contributed by atoms with Crippen molar-refractivity contribution in [3.05, 3.63) is 35.9 Å². The lowest BCUT2D eigenvalue weighted by Gasteiger charge is -2.13. The van der Waals surface area contributed by atoms with Gasteiger partial charge in [-0.2, -0.15) is 0 Å². The maximum absolute atomic E-state index is 11.6. The van der Waals surface area contributed by atoms with Gasteiger partial charge in [-0.05, 0) is 18.4 Å². The van der Waals surface area contributed by atoms with Crippen LogP contribution in [-0.2, 0) is 9.59 Å². The highest BCUT2D eigenvalue weighted by atomic mass is 16.4. The number of aliphatic carboxylic acids is 1. The lowest BCUT2D eigenvalue weighted by atomic mass is 9.97. The summed E-state index contributed by atoms with van der Waals surface area (Å²) in [6.45, 7) is 3.40.